The van der Waals surface area contributed by atoms with Gasteiger partial charge in [0.1, 0.15) is 0 Å². The van der Waals surface area contributed by atoms with Crippen molar-refractivity contribution in [2.75, 3.05) is 20.6 Å². The third-order valence-corrected chi connectivity index (χ3v) is 1.73. The number of piperazine rings is 1. The van der Waals surface area contributed by atoms with Gasteiger partial charge in [-0.15, -0.1) is 0 Å². The molecule has 5 nitrogen and oxygen atoms in total. The zero-order chi connectivity index (χ0) is 8.59. The Labute approximate surface area is 64.2 Å². The molecule has 0 bridgehead atoms. The van der Waals surface area contributed by atoms with Gasteiger partial charge >= 0.3 is 0 Å². The number of aliphatic hydroxyl groups excluding tert-OH is 1. The van der Waals surface area contributed by atoms with Gasteiger partial charge in [-0.1, -0.05) is 0 Å². The molecule has 1 saturated heterocycles. The number of carbonyl (C=O) groups is 2. The summed E-state index contributed by atoms with van der Waals surface area (Å²) in [7, 11) is 2.88. The van der Waals surface area contributed by atoms with Gasteiger partial charge in [-0.05, 0) is 0 Å². The Morgan fingerprint density at radius 3 is 2.55 bits per heavy atom. The van der Waals surface area contributed by atoms with Crippen LogP contribution in [-0.2, 0) is 9.59 Å². The summed E-state index contributed by atoms with van der Waals surface area (Å²) in [4.78, 5) is 24.1. The second kappa shape index (κ2) is 2.50. The van der Waals surface area contributed by atoms with Gasteiger partial charge in [-0.25, -0.2) is 0 Å². The van der Waals surface area contributed by atoms with Crippen molar-refractivity contribution >= 4 is 11.8 Å². The molecule has 0 aliphatic carbocycles. The molecule has 1 heterocycles. The molecule has 0 unspecified atom stereocenters. The van der Waals surface area contributed by atoms with Crippen molar-refractivity contribution in [3.63, 3.8) is 0 Å². The van der Waals surface area contributed by atoms with Gasteiger partial charge in [0, 0.05) is 14.1 Å². The van der Waals surface area contributed by atoms with Crippen LogP contribution < -0.4 is 0 Å². The summed E-state index contributed by atoms with van der Waals surface area (Å²) < 4.78 is 0. The molecule has 1 N–H and O–H groups in total. The first-order valence-corrected chi connectivity index (χ1v) is 3.22. The summed E-state index contributed by atoms with van der Waals surface area (Å²) in [6.07, 6.45) is -1.30. The van der Waals surface area contributed by atoms with Crippen molar-refractivity contribution < 1.29 is 14.7 Å². The first-order valence-electron chi connectivity index (χ1n) is 3.22. The van der Waals surface area contributed by atoms with Crippen LogP contribution in [0, 0.1) is 0 Å². The summed E-state index contributed by atoms with van der Waals surface area (Å²) >= 11 is 0. The lowest BCUT2D eigenvalue weighted by Crippen LogP contribution is -2.57. The molecule has 2 amide bonds. The van der Waals surface area contributed by atoms with Crippen LogP contribution in [0.25, 0.3) is 0 Å². The lowest BCUT2D eigenvalue weighted by molar-refractivity contribution is -0.166. The van der Waals surface area contributed by atoms with Crippen LogP contribution in [0.1, 0.15) is 0 Å². The fraction of sp³-hybridized carbons (Fsp3) is 0.667. The van der Waals surface area contributed by atoms with E-state index < -0.39 is 12.1 Å². The number of hydrogen-bond donors (Lipinski definition) is 1. The highest BCUT2D eigenvalue weighted by atomic mass is 16.3. The van der Waals surface area contributed by atoms with Crippen molar-refractivity contribution in [1.82, 2.24) is 9.80 Å². The Balaban J connectivity index is 2.78. The standard InChI is InChI=1S/C6H10N2O3/c1-7-3-4(9)8(2)6(11)5(7)10/h6,11H,3H2,1-2H3/t6-/m0/s1. The average Bonchev–Trinajstić information content (AvgIpc) is 1.97. The average molecular weight is 158 g/mol. The lowest BCUT2D eigenvalue weighted by Gasteiger charge is -2.32. The van der Waals surface area contributed by atoms with Crippen molar-refractivity contribution in [1.29, 1.82) is 0 Å². The van der Waals surface area contributed by atoms with Crippen LogP contribution in [0.5, 0.6) is 0 Å². The Bertz CT molecular complexity index is 204. The molecular formula is C6H10N2O3. The quantitative estimate of drug-likeness (QED) is 0.454. The van der Waals surface area contributed by atoms with E-state index in [1.54, 1.807) is 0 Å². The fourth-order valence-corrected chi connectivity index (χ4v) is 0.892. The number of aliphatic hydroxyl groups is 1. The van der Waals surface area contributed by atoms with Crippen molar-refractivity contribution in [2.24, 2.45) is 0 Å². The summed E-state index contributed by atoms with van der Waals surface area (Å²) in [5, 5.41) is 9.10. The van der Waals surface area contributed by atoms with E-state index in [0.29, 0.717) is 0 Å². The van der Waals surface area contributed by atoms with Crippen LogP contribution in [0.15, 0.2) is 0 Å². The largest absolute Gasteiger partial charge is 0.365 e. The molecule has 1 rings (SSSR count). The number of carbonyl (C=O) groups excluding carboxylic acids is 2. The topological polar surface area (TPSA) is 60.9 Å². The van der Waals surface area contributed by atoms with Gasteiger partial charge < -0.3 is 14.9 Å². The zero-order valence-corrected chi connectivity index (χ0v) is 6.44. The molecule has 0 aromatic carbocycles. The van der Waals surface area contributed by atoms with Gasteiger partial charge in [0.15, 0.2) is 0 Å². The third-order valence-electron chi connectivity index (χ3n) is 1.73. The minimum absolute atomic E-state index is 0.0480. The van der Waals surface area contributed by atoms with E-state index in [9.17, 15) is 9.59 Å². The molecule has 1 aliphatic heterocycles. The van der Waals surface area contributed by atoms with Gasteiger partial charge in [0.25, 0.3) is 5.91 Å². The summed E-state index contributed by atoms with van der Waals surface area (Å²) in [6.45, 7) is 0.0480. The van der Waals surface area contributed by atoms with Crippen molar-refractivity contribution in [2.45, 2.75) is 6.23 Å². The van der Waals surface area contributed by atoms with Gasteiger partial charge in [-0.2, -0.15) is 0 Å². The van der Waals surface area contributed by atoms with Gasteiger partial charge in [0.2, 0.25) is 12.1 Å². The third kappa shape index (κ3) is 1.19. The Hall–Kier alpha value is -1.10. The molecule has 1 atom stereocenters. The number of nitrogens with zero attached hydrogens (tertiary/aromatic N) is 2. The number of amides is 2. The van der Waals surface area contributed by atoms with Gasteiger partial charge in [0.05, 0.1) is 6.54 Å². The Kier molecular flexibility index (Phi) is 1.82. The van der Waals surface area contributed by atoms with Crippen molar-refractivity contribution in [3.8, 4) is 0 Å². The van der Waals surface area contributed by atoms with Gasteiger partial charge in [-0.3, -0.25) is 9.59 Å². The Morgan fingerprint density at radius 2 is 2.00 bits per heavy atom. The van der Waals surface area contributed by atoms with E-state index in [2.05, 4.69) is 0 Å². The van der Waals surface area contributed by atoms with E-state index in [1.807, 2.05) is 0 Å². The second-order valence-corrected chi connectivity index (χ2v) is 2.57. The first-order chi connectivity index (χ1) is 5.04. The van der Waals surface area contributed by atoms with E-state index in [1.165, 1.54) is 19.0 Å². The highest BCUT2D eigenvalue weighted by molar-refractivity contribution is 5.93. The van der Waals surface area contributed by atoms with Crippen LogP contribution in [0.2, 0.25) is 0 Å². The maximum absolute atomic E-state index is 11.0. The van der Waals surface area contributed by atoms with E-state index in [-0.39, 0.29) is 12.5 Å². The normalized spacial score (nSPS) is 26.3. The molecular weight excluding hydrogens is 148 g/mol. The molecule has 11 heavy (non-hydrogen) atoms. The molecule has 62 valence electrons. The predicted molar refractivity (Wildman–Crippen MR) is 36.4 cm³/mol. The maximum Gasteiger partial charge on any atom is 0.272 e. The highest BCUT2D eigenvalue weighted by Gasteiger charge is 2.33. The van der Waals surface area contributed by atoms with Crippen LogP contribution in [0.3, 0.4) is 0 Å². The molecule has 0 aromatic rings. The number of likely N-dealkylation sites (N-methyl/N-ethyl adjacent to an activating group) is 2. The molecule has 0 radical (unpaired) electrons. The summed E-state index contributed by atoms with van der Waals surface area (Å²) in [5.41, 5.74) is 0. The highest BCUT2D eigenvalue weighted by Crippen LogP contribution is 2.05. The molecule has 5 heteroatoms. The van der Waals surface area contributed by atoms with E-state index in [0.717, 1.165) is 4.90 Å². The van der Waals surface area contributed by atoms with Crippen LogP contribution in [-0.4, -0.2) is 53.6 Å². The minimum Gasteiger partial charge on any atom is -0.365 e. The molecule has 0 aromatic heterocycles. The minimum atomic E-state index is -1.30. The van der Waals surface area contributed by atoms with Crippen LogP contribution >= 0.6 is 0 Å². The molecule has 0 saturated carbocycles. The van der Waals surface area contributed by atoms with E-state index >= 15 is 0 Å². The fourth-order valence-electron chi connectivity index (χ4n) is 0.892. The molecule has 1 fully saturated rings. The zero-order valence-electron chi connectivity index (χ0n) is 6.44. The maximum atomic E-state index is 11.0. The number of rotatable bonds is 0. The molecule has 1 aliphatic rings. The lowest BCUT2D eigenvalue weighted by atomic mass is 10.3. The molecule has 0 spiro atoms. The smallest absolute Gasteiger partial charge is 0.272 e. The first kappa shape index (κ1) is 8.00. The summed E-state index contributed by atoms with van der Waals surface area (Å²) in [5.74, 6) is -0.688. The Morgan fingerprint density at radius 1 is 1.45 bits per heavy atom. The summed E-state index contributed by atoms with van der Waals surface area (Å²) in [6, 6.07) is 0. The van der Waals surface area contributed by atoms with E-state index in [4.69, 9.17) is 5.11 Å². The predicted octanol–water partition coefficient (Wildman–Crippen LogP) is -1.76. The monoisotopic (exact) mass is 158 g/mol. The second-order valence-electron chi connectivity index (χ2n) is 2.57. The van der Waals surface area contributed by atoms with Crippen LogP contribution in [0.4, 0.5) is 0 Å². The van der Waals surface area contributed by atoms with Crippen molar-refractivity contribution in [3.05, 3.63) is 0 Å². The number of hydrogen-bond acceptors (Lipinski definition) is 3. The SMILES string of the molecule is CN1CC(=O)N(C)[C@@H](O)C1=O.